The van der Waals surface area contributed by atoms with E-state index in [0.717, 1.165) is 30.0 Å². The smallest absolute Gasteiger partial charge is 0.268 e. The van der Waals surface area contributed by atoms with Gasteiger partial charge in [0, 0.05) is 23.2 Å². The van der Waals surface area contributed by atoms with Gasteiger partial charge in [0.05, 0.1) is 11.9 Å². The van der Waals surface area contributed by atoms with Crippen molar-refractivity contribution >= 4 is 34.7 Å². The van der Waals surface area contributed by atoms with Crippen molar-refractivity contribution in [3.8, 4) is 10.6 Å². The molecule has 1 N–H and O–H groups in total. The SMILES string of the molecule is CCCCn1nccc1NC(=O)c1sc(-c2ccc(Cl)cc2)nc1C. The van der Waals surface area contributed by atoms with Gasteiger partial charge >= 0.3 is 0 Å². The largest absolute Gasteiger partial charge is 0.306 e. The highest BCUT2D eigenvalue weighted by molar-refractivity contribution is 7.17. The van der Waals surface area contributed by atoms with Gasteiger partial charge in [0.2, 0.25) is 0 Å². The van der Waals surface area contributed by atoms with Crippen LogP contribution in [0.4, 0.5) is 5.82 Å². The summed E-state index contributed by atoms with van der Waals surface area (Å²) in [5.41, 5.74) is 1.66. The lowest BCUT2D eigenvalue weighted by atomic mass is 10.2. The second kappa shape index (κ2) is 7.80. The lowest BCUT2D eigenvalue weighted by molar-refractivity contribution is 0.102. The third kappa shape index (κ3) is 4.08. The van der Waals surface area contributed by atoms with Crippen molar-refractivity contribution in [2.45, 2.75) is 33.2 Å². The minimum absolute atomic E-state index is 0.159. The second-order valence-corrected chi connectivity index (χ2v) is 7.12. The highest BCUT2D eigenvalue weighted by Gasteiger charge is 2.17. The van der Waals surface area contributed by atoms with Crippen molar-refractivity contribution in [3.05, 3.63) is 52.1 Å². The number of anilines is 1. The average molecular weight is 375 g/mol. The molecule has 3 rings (SSSR count). The van der Waals surface area contributed by atoms with Gasteiger partial charge in [0.25, 0.3) is 5.91 Å². The van der Waals surface area contributed by atoms with Gasteiger partial charge in [-0.15, -0.1) is 11.3 Å². The van der Waals surface area contributed by atoms with Crippen LogP contribution in [0.5, 0.6) is 0 Å². The van der Waals surface area contributed by atoms with Crippen LogP contribution >= 0.6 is 22.9 Å². The molecule has 130 valence electrons. The van der Waals surface area contributed by atoms with Gasteiger partial charge < -0.3 is 5.32 Å². The van der Waals surface area contributed by atoms with Gasteiger partial charge in [0.1, 0.15) is 15.7 Å². The van der Waals surface area contributed by atoms with Gasteiger partial charge in [-0.1, -0.05) is 37.1 Å². The van der Waals surface area contributed by atoms with E-state index in [-0.39, 0.29) is 5.91 Å². The summed E-state index contributed by atoms with van der Waals surface area (Å²) in [6, 6.07) is 9.26. The zero-order valence-electron chi connectivity index (χ0n) is 14.1. The predicted octanol–water partition coefficient (Wildman–Crippen LogP) is 5.02. The standard InChI is InChI=1S/C18H19ClN4OS/c1-3-4-11-23-15(9-10-20-23)22-17(24)16-12(2)21-18(25-16)13-5-7-14(19)8-6-13/h5-10H,3-4,11H2,1-2H3,(H,22,24). The summed E-state index contributed by atoms with van der Waals surface area (Å²) >= 11 is 7.30. The fourth-order valence-corrected chi connectivity index (χ4v) is 3.51. The van der Waals surface area contributed by atoms with Gasteiger partial charge in [-0.05, 0) is 25.5 Å². The molecule has 0 bridgehead atoms. The molecule has 3 aromatic rings. The molecule has 0 aliphatic carbocycles. The third-order valence-electron chi connectivity index (χ3n) is 3.78. The van der Waals surface area contributed by atoms with Crippen molar-refractivity contribution < 1.29 is 4.79 Å². The summed E-state index contributed by atoms with van der Waals surface area (Å²) in [5.74, 6) is 0.549. The Morgan fingerprint density at radius 2 is 2.04 bits per heavy atom. The molecule has 0 aliphatic rings. The van der Waals surface area contributed by atoms with E-state index in [1.807, 2.05) is 41.9 Å². The molecule has 0 spiro atoms. The number of aryl methyl sites for hydroxylation is 2. The monoisotopic (exact) mass is 374 g/mol. The van der Waals surface area contributed by atoms with Gasteiger partial charge in [-0.2, -0.15) is 5.10 Å². The second-order valence-electron chi connectivity index (χ2n) is 5.69. The molecular formula is C18H19ClN4OS. The third-order valence-corrected chi connectivity index (χ3v) is 5.23. The Labute approximate surface area is 155 Å². The van der Waals surface area contributed by atoms with Crippen LogP contribution in [0.2, 0.25) is 5.02 Å². The molecule has 1 amide bonds. The first-order chi connectivity index (χ1) is 12.1. The van der Waals surface area contributed by atoms with Gasteiger partial charge in [0.15, 0.2) is 0 Å². The molecule has 7 heteroatoms. The van der Waals surface area contributed by atoms with Crippen LogP contribution in [0.3, 0.4) is 0 Å². The van der Waals surface area contributed by atoms with Crippen LogP contribution in [-0.2, 0) is 6.54 Å². The van der Waals surface area contributed by atoms with E-state index in [9.17, 15) is 4.79 Å². The number of amides is 1. The van der Waals surface area contributed by atoms with Crippen molar-refractivity contribution in [2.75, 3.05) is 5.32 Å². The lowest BCUT2D eigenvalue weighted by Gasteiger charge is -2.07. The number of aromatic nitrogens is 3. The number of thiazole rings is 1. The molecule has 2 aromatic heterocycles. The first-order valence-corrected chi connectivity index (χ1v) is 9.34. The quantitative estimate of drug-likeness (QED) is 0.658. The molecule has 0 aliphatic heterocycles. The van der Waals surface area contributed by atoms with E-state index >= 15 is 0 Å². The highest BCUT2D eigenvalue weighted by Crippen LogP contribution is 2.29. The maximum absolute atomic E-state index is 12.7. The fraction of sp³-hybridized carbons (Fsp3) is 0.278. The minimum atomic E-state index is -0.159. The maximum Gasteiger partial charge on any atom is 0.268 e. The number of nitrogens with one attached hydrogen (secondary N) is 1. The topological polar surface area (TPSA) is 59.8 Å². The average Bonchev–Trinajstić information content (AvgIpc) is 3.20. The maximum atomic E-state index is 12.7. The molecule has 0 atom stereocenters. The van der Waals surface area contributed by atoms with Crippen LogP contribution in [0.1, 0.15) is 35.1 Å². The van der Waals surface area contributed by atoms with E-state index in [1.165, 1.54) is 11.3 Å². The van der Waals surface area contributed by atoms with Crippen molar-refractivity contribution in [3.63, 3.8) is 0 Å². The molecule has 0 radical (unpaired) electrons. The molecular weight excluding hydrogens is 356 g/mol. The normalized spacial score (nSPS) is 10.8. The van der Waals surface area contributed by atoms with Crippen LogP contribution in [0.15, 0.2) is 36.5 Å². The Kier molecular flexibility index (Phi) is 5.50. The minimum Gasteiger partial charge on any atom is -0.306 e. The first-order valence-electron chi connectivity index (χ1n) is 8.15. The van der Waals surface area contributed by atoms with Crippen LogP contribution in [-0.4, -0.2) is 20.7 Å². The van der Waals surface area contributed by atoms with E-state index in [2.05, 4.69) is 22.3 Å². The molecule has 2 heterocycles. The number of rotatable bonds is 6. The predicted molar refractivity (Wildman–Crippen MR) is 102 cm³/mol. The fourth-order valence-electron chi connectivity index (χ4n) is 2.42. The number of hydrogen-bond donors (Lipinski definition) is 1. The summed E-state index contributed by atoms with van der Waals surface area (Å²) in [4.78, 5) is 17.8. The van der Waals surface area contributed by atoms with Crippen molar-refractivity contribution in [2.24, 2.45) is 0 Å². The molecule has 25 heavy (non-hydrogen) atoms. The number of unbranched alkanes of at least 4 members (excludes halogenated alkanes) is 1. The lowest BCUT2D eigenvalue weighted by Crippen LogP contribution is -2.15. The highest BCUT2D eigenvalue weighted by atomic mass is 35.5. The Morgan fingerprint density at radius 1 is 1.28 bits per heavy atom. The Hall–Kier alpha value is -2.18. The molecule has 0 fully saturated rings. The summed E-state index contributed by atoms with van der Waals surface area (Å²) < 4.78 is 1.82. The van der Waals surface area contributed by atoms with E-state index in [4.69, 9.17) is 11.6 Å². The summed E-state index contributed by atoms with van der Waals surface area (Å²) in [6.45, 7) is 4.76. The number of benzene rings is 1. The number of nitrogens with zero attached hydrogens (tertiary/aromatic N) is 3. The number of carbonyl (C=O) groups is 1. The van der Waals surface area contributed by atoms with Crippen LogP contribution in [0, 0.1) is 6.92 Å². The number of hydrogen-bond acceptors (Lipinski definition) is 4. The number of carbonyl (C=O) groups excluding carboxylic acids is 1. The van der Waals surface area contributed by atoms with Crippen LogP contribution in [0.25, 0.3) is 10.6 Å². The van der Waals surface area contributed by atoms with E-state index in [0.29, 0.717) is 21.4 Å². The molecule has 1 aromatic carbocycles. The zero-order chi connectivity index (χ0) is 17.8. The summed E-state index contributed by atoms with van der Waals surface area (Å²) in [7, 11) is 0. The van der Waals surface area contributed by atoms with Gasteiger partial charge in [-0.25, -0.2) is 9.67 Å². The van der Waals surface area contributed by atoms with Crippen LogP contribution < -0.4 is 5.32 Å². The summed E-state index contributed by atoms with van der Waals surface area (Å²) in [5, 5.41) is 8.68. The van der Waals surface area contributed by atoms with Gasteiger partial charge in [-0.3, -0.25) is 4.79 Å². The molecule has 0 unspecified atom stereocenters. The van der Waals surface area contributed by atoms with Crippen molar-refractivity contribution in [1.82, 2.24) is 14.8 Å². The Morgan fingerprint density at radius 3 is 2.76 bits per heavy atom. The van der Waals surface area contributed by atoms with E-state index < -0.39 is 0 Å². The number of halogens is 1. The first kappa shape index (κ1) is 17.6. The van der Waals surface area contributed by atoms with E-state index in [1.54, 1.807) is 6.20 Å². The molecule has 5 nitrogen and oxygen atoms in total. The zero-order valence-corrected chi connectivity index (χ0v) is 15.7. The summed E-state index contributed by atoms with van der Waals surface area (Å²) in [6.07, 6.45) is 3.79. The Bertz CT molecular complexity index is 870. The Balaban J connectivity index is 1.79. The molecule has 0 saturated heterocycles. The molecule has 0 saturated carbocycles. The van der Waals surface area contributed by atoms with Crippen molar-refractivity contribution in [1.29, 1.82) is 0 Å².